The largest absolute Gasteiger partial charge is 0.489 e. The molecule has 3 heteroatoms. The van der Waals surface area contributed by atoms with Gasteiger partial charge in [-0.15, -0.1) is 0 Å². The second-order valence-corrected chi connectivity index (χ2v) is 6.41. The first-order chi connectivity index (χ1) is 13.1. The van der Waals surface area contributed by atoms with Crippen LogP contribution in [0.2, 0.25) is 0 Å². The molecule has 0 fully saturated rings. The van der Waals surface area contributed by atoms with Crippen molar-refractivity contribution in [3.05, 3.63) is 101 Å². The Morgan fingerprint density at radius 3 is 2.41 bits per heavy atom. The molecule has 0 aliphatic heterocycles. The van der Waals surface area contributed by atoms with Crippen molar-refractivity contribution in [2.45, 2.75) is 20.5 Å². The predicted molar refractivity (Wildman–Crippen MR) is 111 cm³/mol. The highest BCUT2D eigenvalue weighted by atomic mass is 16.5. The first-order valence-electron chi connectivity index (χ1n) is 8.94. The number of ether oxygens (including phenoxy) is 1. The summed E-state index contributed by atoms with van der Waals surface area (Å²) < 4.78 is 5.77. The number of benzene rings is 3. The molecule has 1 N–H and O–H groups in total. The van der Waals surface area contributed by atoms with Gasteiger partial charge in [-0.3, -0.25) is 4.79 Å². The van der Waals surface area contributed by atoms with E-state index in [4.69, 9.17) is 4.74 Å². The normalized spacial score (nSPS) is 10.7. The Labute approximate surface area is 160 Å². The summed E-state index contributed by atoms with van der Waals surface area (Å²) in [6.07, 6.45) is 3.34. The summed E-state index contributed by atoms with van der Waals surface area (Å²) in [6.45, 7) is 4.57. The van der Waals surface area contributed by atoms with Gasteiger partial charge in [-0.2, -0.15) is 0 Å². The summed E-state index contributed by atoms with van der Waals surface area (Å²) in [4.78, 5) is 12.2. The molecule has 0 unspecified atom stereocenters. The third kappa shape index (κ3) is 5.32. The van der Waals surface area contributed by atoms with Gasteiger partial charge in [0.05, 0.1) is 0 Å². The number of hydrogen-bond acceptors (Lipinski definition) is 2. The van der Waals surface area contributed by atoms with Crippen LogP contribution in [0.1, 0.15) is 22.3 Å². The Morgan fingerprint density at radius 1 is 0.926 bits per heavy atom. The lowest BCUT2D eigenvalue weighted by Gasteiger charge is -2.08. The van der Waals surface area contributed by atoms with Gasteiger partial charge in [-0.25, -0.2) is 0 Å². The van der Waals surface area contributed by atoms with Gasteiger partial charge in [0.1, 0.15) is 12.4 Å². The molecule has 0 bridgehead atoms. The number of rotatable bonds is 6. The Hall–Kier alpha value is -3.33. The predicted octanol–water partition coefficient (Wildman–Crippen LogP) is 5.53. The van der Waals surface area contributed by atoms with Crippen LogP contribution in [0.4, 0.5) is 5.69 Å². The quantitative estimate of drug-likeness (QED) is 0.589. The Bertz CT molecular complexity index is 928. The van der Waals surface area contributed by atoms with Gasteiger partial charge in [0, 0.05) is 11.8 Å². The molecule has 136 valence electrons. The maximum absolute atomic E-state index is 12.2. The third-order valence-corrected chi connectivity index (χ3v) is 4.42. The van der Waals surface area contributed by atoms with Gasteiger partial charge in [0.15, 0.2) is 0 Å². The number of anilines is 1. The van der Waals surface area contributed by atoms with Gasteiger partial charge in [0.2, 0.25) is 5.91 Å². The second-order valence-electron chi connectivity index (χ2n) is 6.41. The van der Waals surface area contributed by atoms with Crippen molar-refractivity contribution in [3.8, 4) is 5.75 Å². The minimum Gasteiger partial charge on any atom is -0.489 e. The summed E-state index contributed by atoms with van der Waals surface area (Å²) in [6, 6.07) is 23.6. The van der Waals surface area contributed by atoms with E-state index in [0.717, 1.165) is 33.7 Å². The van der Waals surface area contributed by atoms with Crippen LogP contribution in [0.25, 0.3) is 6.08 Å². The van der Waals surface area contributed by atoms with E-state index in [1.54, 1.807) is 12.2 Å². The zero-order valence-corrected chi connectivity index (χ0v) is 15.6. The van der Waals surface area contributed by atoms with Crippen LogP contribution in [0.5, 0.6) is 5.75 Å². The van der Waals surface area contributed by atoms with E-state index < -0.39 is 0 Å². The van der Waals surface area contributed by atoms with Gasteiger partial charge >= 0.3 is 0 Å². The molecule has 0 radical (unpaired) electrons. The van der Waals surface area contributed by atoms with Gasteiger partial charge in [-0.05, 0) is 60.4 Å². The van der Waals surface area contributed by atoms with Crippen LogP contribution >= 0.6 is 0 Å². The van der Waals surface area contributed by atoms with Crippen molar-refractivity contribution in [1.29, 1.82) is 0 Å². The molecule has 0 aliphatic rings. The molecule has 3 aromatic rings. The highest BCUT2D eigenvalue weighted by Crippen LogP contribution is 2.18. The average molecular weight is 357 g/mol. The number of aryl methyl sites for hydroxylation is 1. The van der Waals surface area contributed by atoms with E-state index >= 15 is 0 Å². The molecule has 0 atom stereocenters. The summed E-state index contributed by atoms with van der Waals surface area (Å²) >= 11 is 0. The number of nitrogens with one attached hydrogen (secondary N) is 1. The molecule has 0 saturated carbocycles. The number of carbonyl (C=O) groups is 1. The fourth-order valence-corrected chi connectivity index (χ4v) is 2.65. The molecule has 0 aliphatic carbocycles. The average Bonchev–Trinajstić information content (AvgIpc) is 2.70. The summed E-state index contributed by atoms with van der Waals surface area (Å²) in [5, 5.41) is 2.92. The molecule has 27 heavy (non-hydrogen) atoms. The summed E-state index contributed by atoms with van der Waals surface area (Å²) in [5.74, 6) is 0.656. The Balaban J connectivity index is 1.55. The zero-order chi connectivity index (χ0) is 19.1. The number of amides is 1. The standard InChI is InChI=1S/C24H23NO2/c1-18-7-6-10-23(19(18)2)25-24(26)16-13-20-11-14-22(15-12-20)27-17-21-8-4-3-5-9-21/h3-16H,17H2,1-2H3,(H,25,26). The zero-order valence-electron chi connectivity index (χ0n) is 15.6. The van der Waals surface area contributed by atoms with Crippen molar-refractivity contribution < 1.29 is 9.53 Å². The maximum Gasteiger partial charge on any atom is 0.248 e. The van der Waals surface area contributed by atoms with Crippen molar-refractivity contribution in [1.82, 2.24) is 0 Å². The SMILES string of the molecule is Cc1cccc(NC(=O)C=Cc2ccc(OCc3ccccc3)cc2)c1C. The molecule has 3 aromatic carbocycles. The first kappa shape index (κ1) is 18.5. The molecule has 1 amide bonds. The fraction of sp³-hybridized carbons (Fsp3) is 0.125. The molecular weight excluding hydrogens is 334 g/mol. The van der Waals surface area contributed by atoms with Crippen LogP contribution in [0, 0.1) is 13.8 Å². The van der Waals surface area contributed by atoms with Crippen LogP contribution < -0.4 is 10.1 Å². The van der Waals surface area contributed by atoms with Gasteiger partial charge in [0.25, 0.3) is 0 Å². The van der Waals surface area contributed by atoms with Crippen molar-refractivity contribution in [3.63, 3.8) is 0 Å². The van der Waals surface area contributed by atoms with Crippen LogP contribution in [-0.2, 0) is 11.4 Å². The third-order valence-electron chi connectivity index (χ3n) is 4.42. The number of carbonyl (C=O) groups excluding carboxylic acids is 1. The van der Waals surface area contributed by atoms with Crippen molar-refractivity contribution >= 4 is 17.7 Å². The van der Waals surface area contributed by atoms with Crippen LogP contribution in [0.15, 0.2) is 78.9 Å². The van der Waals surface area contributed by atoms with E-state index in [-0.39, 0.29) is 5.91 Å². The molecule has 3 rings (SSSR count). The molecular formula is C24H23NO2. The summed E-state index contributed by atoms with van der Waals surface area (Å²) in [7, 11) is 0. The van der Waals surface area contributed by atoms with Crippen LogP contribution in [0.3, 0.4) is 0 Å². The summed E-state index contributed by atoms with van der Waals surface area (Å²) in [5.41, 5.74) is 5.15. The fourth-order valence-electron chi connectivity index (χ4n) is 2.65. The lowest BCUT2D eigenvalue weighted by Crippen LogP contribution is -2.09. The minimum atomic E-state index is -0.145. The molecule has 0 heterocycles. The second kappa shape index (κ2) is 8.86. The van der Waals surface area contributed by atoms with Crippen molar-refractivity contribution in [2.75, 3.05) is 5.32 Å². The topological polar surface area (TPSA) is 38.3 Å². The van der Waals surface area contributed by atoms with Crippen LogP contribution in [-0.4, -0.2) is 5.91 Å². The first-order valence-corrected chi connectivity index (χ1v) is 8.94. The number of hydrogen-bond donors (Lipinski definition) is 1. The lowest BCUT2D eigenvalue weighted by atomic mass is 10.1. The molecule has 0 aromatic heterocycles. The Kier molecular flexibility index (Phi) is 6.06. The monoisotopic (exact) mass is 357 g/mol. The van der Waals surface area contributed by atoms with E-state index in [9.17, 15) is 4.79 Å². The lowest BCUT2D eigenvalue weighted by molar-refractivity contribution is -0.111. The highest BCUT2D eigenvalue weighted by Gasteiger charge is 2.03. The molecule has 0 spiro atoms. The van der Waals surface area contributed by atoms with E-state index in [2.05, 4.69) is 5.32 Å². The van der Waals surface area contributed by atoms with Gasteiger partial charge < -0.3 is 10.1 Å². The maximum atomic E-state index is 12.2. The smallest absolute Gasteiger partial charge is 0.248 e. The molecule has 0 saturated heterocycles. The van der Waals surface area contributed by atoms with Gasteiger partial charge in [-0.1, -0.05) is 54.6 Å². The van der Waals surface area contributed by atoms with E-state index in [1.807, 2.05) is 86.6 Å². The van der Waals surface area contributed by atoms with Crippen molar-refractivity contribution in [2.24, 2.45) is 0 Å². The highest BCUT2D eigenvalue weighted by molar-refractivity contribution is 6.02. The molecule has 3 nitrogen and oxygen atoms in total. The van der Waals surface area contributed by atoms with E-state index in [0.29, 0.717) is 6.61 Å². The Morgan fingerprint density at radius 2 is 1.67 bits per heavy atom. The minimum absolute atomic E-state index is 0.145. The van der Waals surface area contributed by atoms with E-state index in [1.165, 1.54) is 0 Å².